The Balaban J connectivity index is -0.0000000178. The van der Waals surface area contributed by atoms with E-state index in [1.54, 1.807) is 0 Å². The van der Waals surface area contributed by atoms with E-state index in [2.05, 4.69) is 0 Å². The van der Waals surface area contributed by atoms with Gasteiger partial charge in [-0.15, -0.1) is 0 Å². The summed E-state index contributed by atoms with van der Waals surface area (Å²) in [6.45, 7) is 0. The summed E-state index contributed by atoms with van der Waals surface area (Å²) >= 11 is 0. The molecule has 6 N–H and O–H groups in total. The SMILES string of the molecule is O=P(O)(O)O.O=P(O)(O)O.[Co].[Mn].[Mn].[Mn]. The third kappa shape index (κ3) is 483. The van der Waals surface area contributed by atoms with Gasteiger partial charge in [-0.1, -0.05) is 0 Å². The van der Waals surface area contributed by atoms with Crippen LogP contribution in [0, 0.1) is 0 Å². The molecule has 8 nitrogen and oxygen atoms in total. The van der Waals surface area contributed by atoms with E-state index >= 15 is 0 Å². The molecule has 0 aromatic heterocycles. The molecule has 94 valence electrons. The van der Waals surface area contributed by atoms with E-state index in [0.29, 0.717) is 0 Å². The Kier molecular flexibility index (Phi) is 39.3. The van der Waals surface area contributed by atoms with Crippen LogP contribution in [0.1, 0.15) is 0 Å². The summed E-state index contributed by atoms with van der Waals surface area (Å²) in [7, 11) is -9.28. The predicted octanol–water partition coefficient (Wildman–Crippen LogP) is -1.87. The van der Waals surface area contributed by atoms with Crippen molar-refractivity contribution < 1.29 is 106 Å². The molecule has 0 saturated carbocycles. The summed E-state index contributed by atoms with van der Waals surface area (Å²) in [5, 5.41) is 0. The fourth-order valence-electron chi connectivity index (χ4n) is 0. The van der Waals surface area contributed by atoms with Crippen LogP contribution >= 0.6 is 15.6 Å². The molecule has 14 heteroatoms. The Hall–Kier alpha value is 2.28. The second-order valence-corrected chi connectivity index (χ2v) is 3.08. The summed E-state index contributed by atoms with van der Waals surface area (Å²) in [6, 6.07) is 0. The van der Waals surface area contributed by atoms with Crippen molar-refractivity contribution in [3.8, 4) is 0 Å². The van der Waals surface area contributed by atoms with E-state index in [0.717, 1.165) is 0 Å². The molecule has 0 aliphatic carbocycles. The molecule has 14 heavy (non-hydrogen) atoms. The number of rotatable bonds is 0. The van der Waals surface area contributed by atoms with Crippen LogP contribution in [0.5, 0.6) is 0 Å². The summed E-state index contributed by atoms with van der Waals surface area (Å²) in [5.41, 5.74) is 0. The first-order valence-electron chi connectivity index (χ1n) is 1.57. The monoisotopic (exact) mass is 420 g/mol. The van der Waals surface area contributed by atoms with E-state index in [4.69, 9.17) is 38.5 Å². The van der Waals surface area contributed by atoms with E-state index in [9.17, 15) is 0 Å². The zero-order chi connectivity index (χ0) is 9.00. The minimum atomic E-state index is -4.64. The molecule has 0 amide bonds. The van der Waals surface area contributed by atoms with Crippen molar-refractivity contribution in [1.82, 2.24) is 0 Å². The van der Waals surface area contributed by atoms with Gasteiger partial charge in [0.1, 0.15) is 0 Å². The van der Waals surface area contributed by atoms with Crippen molar-refractivity contribution in [1.29, 1.82) is 0 Å². The average Bonchev–Trinajstić information content (AvgIpc) is 1.12. The van der Waals surface area contributed by atoms with Crippen LogP contribution in [-0.4, -0.2) is 29.4 Å². The minimum absolute atomic E-state index is 0. The molecule has 0 unspecified atom stereocenters. The van der Waals surface area contributed by atoms with Gasteiger partial charge in [0, 0.05) is 68.0 Å². The maximum absolute atomic E-state index is 8.88. The Morgan fingerprint density at radius 2 is 0.571 bits per heavy atom. The molecule has 0 bridgehead atoms. The zero-order valence-corrected chi connectivity index (χ0v) is 12.2. The van der Waals surface area contributed by atoms with Crippen LogP contribution in [0.25, 0.3) is 0 Å². The molecule has 0 aliphatic rings. The third-order valence-electron chi connectivity index (χ3n) is 0. The van der Waals surface area contributed by atoms with Crippen LogP contribution in [-0.2, 0) is 77.1 Å². The van der Waals surface area contributed by atoms with E-state index in [1.807, 2.05) is 0 Å². The van der Waals surface area contributed by atoms with Gasteiger partial charge in [0.05, 0.1) is 0 Å². The van der Waals surface area contributed by atoms with Gasteiger partial charge in [-0.2, -0.15) is 0 Å². The molecular weight excluding hydrogens is 414 g/mol. The molecule has 0 heterocycles. The predicted molar refractivity (Wildman–Crippen MR) is 28.5 cm³/mol. The van der Waals surface area contributed by atoms with Crippen molar-refractivity contribution in [2.75, 3.05) is 0 Å². The van der Waals surface area contributed by atoms with Crippen molar-refractivity contribution in [3.63, 3.8) is 0 Å². The Labute approximate surface area is 121 Å². The average molecular weight is 420 g/mol. The number of hydrogen-bond acceptors (Lipinski definition) is 2. The van der Waals surface area contributed by atoms with Crippen LogP contribution < -0.4 is 0 Å². The largest absolute Gasteiger partial charge is 0.466 e. The molecule has 0 spiro atoms. The fraction of sp³-hybridized carbons (Fsp3) is 0. The van der Waals surface area contributed by atoms with Gasteiger partial charge in [0.15, 0.2) is 0 Å². The standard InChI is InChI=1S/Co.3Mn.2H3O4P/c;;;;2*1-5(2,3)4/h;;;;2*(H3,1,2,3,4). The smallest absolute Gasteiger partial charge is 0.303 e. The Morgan fingerprint density at radius 1 is 0.571 bits per heavy atom. The summed E-state index contributed by atoms with van der Waals surface area (Å²) in [6.07, 6.45) is 0. The first-order chi connectivity index (χ1) is 4.00. The summed E-state index contributed by atoms with van der Waals surface area (Å²) in [5.74, 6) is 0. The molecule has 0 atom stereocenters. The van der Waals surface area contributed by atoms with E-state index in [1.165, 1.54) is 0 Å². The van der Waals surface area contributed by atoms with Crippen LogP contribution in [0.15, 0.2) is 0 Å². The van der Waals surface area contributed by atoms with Gasteiger partial charge in [0.2, 0.25) is 0 Å². The topological polar surface area (TPSA) is 156 Å². The maximum atomic E-state index is 8.88. The summed E-state index contributed by atoms with van der Waals surface area (Å²) < 4.78 is 17.8. The van der Waals surface area contributed by atoms with Crippen LogP contribution in [0.2, 0.25) is 0 Å². The van der Waals surface area contributed by atoms with Crippen molar-refractivity contribution >= 4 is 15.6 Å². The van der Waals surface area contributed by atoms with E-state index in [-0.39, 0.29) is 68.0 Å². The third-order valence-corrected chi connectivity index (χ3v) is 0. The van der Waals surface area contributed by atoms with Gasteiger partial charge in [-0.3, -0.25) is 0 Å². The van der Waals surface area contributed by atoms with Gasteiger partial charge < -0.3 is 29.4 Å². The van der Waals surface area contributed by atoms with E-state index < -0.39 is 15.6 Å². The minimum Gasteiger partial charge on any atom is -0.303 e. The normalized spacial score (nSPS) is 8.43. The van der Waals surface area contributed by atoms with Crippen molar-refractivity contribution in [2.24, 2.45) is 0 Å². The molecule has 0 saturated heterocycles. The summed E-state index contributed by atoms with van der Waals surface area (Å²) in [4.78, 5) is 43.1. The van der Waals surface area contributed by atoms with Crippen LogP contribution in [0.3, 0.4) is 0 Å². The maximum Gasteiger partial charge on any atom is 0.466 e. The molecule has 4 radical (unpaired) electrons. The molecule has 0 aliphatic heterocycles. The van der Waals surface area contributed by atoms with Crippen molar-refractivity contribution in [3.05, 3.63) is 0 Å². The first-order valence-corrected chi connectivity index (χ1v) is 4.70. The Morgan fingerprint density at radius 3 is 0.571 bits per heavy atom. The van der Waals surface area contributed by atoms with Gasteiger partial charge in [-0.25, -0.2) is 9.13 Å². The quantitative estimate of drug-likeness (QED) is 0.197. The Bertz CT molecular complexity index is 135. The second-order valence-electron chi connectivity index (χ2n) is 1.03. The zero-order valence-electron chi connectivity index (χ0n) is 5.86. The molecule has 0 rings (SSSR count). The molecule has 0 aromatic rings. The molecule has 0 fully saturated rings. The van der Waals surface area contributed by atoms with Crippen LogP contribution in [0.4, 0.5) is 0 Å². The fourth-order valence-corrected chi connectivity index (χ4v) is 0. The second kappa shape index (κ2) is 15.3. The van der Waals surface area contributed by atoms with Gasteiger partial charge >= 0.3 is 15.6 Å². The van der Waals surface area contributed by atoms with Gasteiger partial charge in [-0.05, 0) is 0 Å². The van der Waals surface area contributed by atoms with Gasteiger partial charge in [0.25, 0.3) is 0 Å². The molecule has 0 aromatic carbocycles. The first kappa shape index (κ1) is 36.0. The number of hydrogen-bond donors (Lipinski definition) is 6. The number of phosphoric acid groups is 2. The molecular formula is H6CoMn3O8P2. The van der Waals surface area contributed by atoms with Crippen molar-refractivity contribution in [2.45, 2.75) is 0 Å².